The Morgan fingerprint density at radius 3 is 2.52 bits per heavy atom. The summed E-state index contributed by atoms with van der Waals surface area (Å²) in [5.41, 5.74) is -0.0149. The van der Waals surface area contributed by atoms with Crippen molar-refractivity contribution in [3.8, 4) is 0 Å². The fraction of sp³-hybridized carbons (Fsp3) is 0.304. The van der Waals surface area contributed by atoms with Crippen molar-refractivity contribution in [3.63, 3.8) is 0 Å². The van der Waals surface area contributed by atoms with Gasteiger partial charge in [-0.3, -0.25) is 14.3 Å². The summed E-state index contributed by atoms with van der Waals surface area (Å²) in [5, 5.41) is 13.5. The van der Waals surface area contributed by atoms with E-state index in [4.69, 9.17) is 0 Å². The van der Waals surface area contributed by atoms with E-state index in [2.05, 4.69) is 0 Å². The number of hydroxylamine groups is 2. The maximum Gasteiger partial charge on any atom is 0.416 e. The lowest BCUT2D eigenvalue weighted by molar-refractivity contribution is -0.137. The Hall–Kier alpha value is -2.81. The first-order valence-electron chi connectivity index (χ1n) is 10.0. The van der Waals surface area contributed by atoms with Gasteiger partial charge in [0, 0.05) is 18.5 Å². The van der Waals surface area contributed by atoms with E-state index in [9.17, 15) is 28.0 Å². The second-order valence-corrected chi connectivity index (χ2v) is 8.35. The summed E-state index contributed by atoms with van der Waals surface area (Å²) >= 11 is 0. The standard InChI is InChI=1S/C23H19F3N2O3/c24-23(25,26)15-6-4-5-14(11-15)12-27-18-9-10-19(29)21(27)20-17(18)13-28(31,22(20)30)16-7-2-1-3-8-16/h1-11,17-18,20-21H,12-13H2. The second-order valence-electron chi connectivity index (χ2n) is 8.35. The molecule has 2 aromatic carbocycles. The van der Waals surface area contributed by atoms with E-state index in [1.807, 2.05) is 0 Å². The van der Waals surface area contributed by atoms with Crippen LogP contribution in [0.3, 0.4) is 0 Å². The molecule has 2 aromatic rings. The lowest BCUT2D eigenvalue weighted by atomic mass is 9.90. The lowest BCUT2D eigenvalue weighted by Crippen LogP contribution is -2.53. The lowest BCUT2D eigenvalue weighted by Gasteiger charge is -2.39. The zero-order chi connectivity index (χ0) is 22.0. The highest BCUT2D eigenvalue weighted by Crippen LogP contribution is 2.49. The van der Waals surface area contributed by atoms with E-state index in [-0.39, 0.29) is 30.8 Å². The number of ketones is 1. The molecule has 0 aliphatic carbocycles. The molecule has 0 N–H and O–H groups in total. The average Bonchev–Trinajstić information content (AvgIpc) is 3.12. The number of carbonyl (C=O) groups excluding carboxylic acids is 2. The van der Waals surface area contributed by atoms with Crippen LogP contribution in [0.25, 0.3) is 0 Å². The van der Waals surface area contributed by atoms with Crippen molar-refractivity contribution < 1.29 is 22.8 Å². The van der Waals surface area contributed by atoms with Crippen LogP contribution in [-0.2, 0) is 22.3 Å². The van der Waals surface area contributed by atoms with Crippen molar-refractivity contribution in [3.05, 3.63) is 83.1 Å². The number of nitrogens with zero attached hydrogens (tertiary/aromatic N) is 2. The molecule has 1 amide bonds. The molecule has 3 aliphatic heterocycles. The Morgan fingerprint density at radius 1 is 1.06 bits per heavy atom. The van der Waals surface area contributed by atoms with Crippen LogP contribution in [0.1, 0.15) is 11.1 Å². The number of fused-ring (bicyclic) bond motifs is 5. The Bertz CT molecular complexity index is 1080. The monoisotopic (exact) mass is 428 g/mol. The molecular weight excluding hydrogens is 409 g/mol. The molecule has 5 unspecified atom stereocenters. The van der Waals surface area contributed by atoms with Crippen LogP contribution in [-0.4, -0.2) is 35.2 Å². The van der Waals surface area contributed by atoms with Crippen LogP contribution in [0, 0.1) is 17.0 Å². The van der Waals surface area contributed by atoms with E-state index >= 15 is 0 Å². The van der Waals surface area contributed by atoms with Crippen molar-refractivity contribution in [1.82, 2.24) is 9.55 Å². The van der Waals surface area contributed by atoms with Gasteiger partial charge in [-0.1, -0.05) is 42.5 Å². The van der Waals surface area contributed by atoms with Crippen molar-refractivity contribution in [1.29, 1.82) is 0 Å². The topological polar surface area (TPSA) is 60.4 Å². The third-order valence-corrected chi connectivity index (χ3v) is 6.63. The summed E-state index contributed by atoms with van der Waals surface area (Å²) in [6.07, 6.45) is -1.34. The van der Waals surface area contributed by atoms with Gasteiger partial charge in [-0.2, -0.15) is 13.2 Å². The summed E-state index contributed by atoms with van der Waals surface area (Å²) in [6, 6.07) is 12.2. The zero-order valence-corrected chi connectivity index (χ0v) is 16.3. The van der Waals surface area contributed by atoms with Crippen molar-refractivity contribution >= 4 is 17.4 Å². The van der Waals surface area contributed by atoms with Crippen molar-refractivity contribution in [2.45, 2.75) is 24.8 Å². The van der Waals surface area contributed by atoms with Gasteiger partial charge in [0.2, 0.25) is 0 Å². The maximum absolute atomic E-state index is 13.5. The number of hydrogen-bond acceptors (Lipinski definition) is 4. The van der Waals surface area contributed by atoms with Gasteiger partial charge in [-0.15, -0.1) is 0 Å². The van der Waals surface area contributed by atoms with Gasteiger partial charge in [0.15, 0.2) is 5.78 Å². The van der Waals surface area contributed by atoms with Gasteiger partial charge in [0.05, 0.1) is 18.2 Å². The van der Waals surface area contributed by atoms with Crippen LogP contribution < -0.4 is 4.65 Å². The van der Waals surface area contributed by atoms with Gasteiger partial charge in [-0.05, 0) is 29.8 Å². The quantitative estimate of drug-likeness (QED) is 0.553. The predicted molar refractivity (Wildman–Crippen MR) is 107 cm³/mol. The molecular formula is C23H19F3N2O3. The molecule has 5 atom stereocenters. The fourth-order valence-corrected chi connectivity index (χ4v) is 5.30. The Kier molecular flexibility index (Phi) is 4.44. The molecule has 5 nitrogen and oxygen atoms in total. The molecule has 2 bridgehead atoms. The summed E-state index contributed by atoms with van der Waals surface area (Å²) in [4.78, 5) is 27.8. The van der Waals surface area contributed by atoms with E-state index in [1.165, 1.54) is 12.1 Å². The van der Waals surface area contributed by atoms with Crippen LogP contribution in [0.4, 0.5) is 18.9 Å². The van der Waals surface area contributed by atoms with E-state index in [0.29, 0.717) is 11.3 Å². The summed E-state index contributed by atoms with van der Waals surface area (Å²) < 4.78 is 38.2. The molecule has 8 heteroatoms. The third-order valence-electron chi connectivity index (χ3n) is 6.63. The summed E-state index contributed by atoms with van der Waals surface area (Å²) in [5.74, 6) is -2.00. The van der Waals surface area contributed by atoms with Gasteiger partial charge < -0.3 is 5.21 Å². The largest absolute Gasteiger partial charge is 0.620 e. The molecule has 0 spiro atoms. The minimum Gasteiger partial charge on any atom is -0.620 e. The molecule has 2 fully saturated rings. The highest BCUT2D eigenvalue weighted by Gasteiger charge is 2.65. The molecule has 2 saturated heterocycles. The third kappa shape index (κ3) is 3.05. The van der Waals surface area contributed by atoms with E-state index in [1.54, 1.807) is 47.4 Å². The van der Waals surface area contributed by atoms with Gasteiger partial charge >= 0.3 is 12.1 Å². The first-order chi connectivity index (χ1) is 14.7. The molecule has 0 aromatic heterocycles. The fourth-order valence-electron chi connectivity index (χ4n) is 5.30. The number of halogens is 3. The first kappa shape index (κ1) is 20.1. The van der Waals surface area contributed by atoms with Crippen LogP contribution in [0.5, 0.6) is 0 Å². The molecule has 160 valence electrons. The Balaban J connectivity index is 1.48. The number of alkyl halides is 3. The Morgan fingerprint density at radius 2 is 1.81 bits per heavy atom. The van der Waals surface area contributed by atoms with Crippen LogP contribution in [0.15, 0.2) is 66.7 Å². The minimum atomic E-state index is -4.46. The number of quaternary nitrogens is 1. The smallest absolute Gasteiger partial charge is 0.416 e. The molecule has 3 heterocycles. The zero-order valence-electron chi connectivity index (χ0n) is 16.3. The average molecular weight is 428 g/mol. The summed E-state index contributed by atoms with van der Waals surface area (Å²) in [6.45, 7) is 0.102. The highest BCUT2D eigenvalue weighted by molar-refractivity contribution is 6.04. The molecule has 3 aliphatic rings. The van der Waals surface area contributed by atoms with E-state index in [0.717, 1.165) is 12.1 Å². The number of para-hydroxylation sites is 1. The minimum absolute atomic E-state index is 0.00535. The number of hydrogen-bond donors (Lipinski definition) is 0. The first-order valence-corrected chi connectivity index (χ1v) is 10.0. The molecule has 0 saturated carbocycles. The van der Waals surface area contributed by atoms with E-state index < -0.39 is 34.3 Å². The maximum atomic E-state index is 13.5. The van der Waals surface area contributed by atoms with Gasteiger partial charge in [-0.25, -0.2) is 4.79 Å². The summed E-state index contributed by atoms with van der Waals surface area (Å²) in [7, 11) is 0. The number of carbonyl (C=O) groups is 2. The number of amides is 1. The predicted octanol–water partition coefficient (Wildman–Crippen LogP) is 3.68. The highest BCUT2D eigenvalue weighted by atomic mass is 19.4. The Labute approximate surface area is 176 Å². The number of rotatable bonds is 3. The van der Waals surface area contributed by atoms with Crippen LogP contribution >= 0.6 is 0 Å². The van der Waals surface area contributed by atoms with Gasteiger partial charge in [0.25, 0.3) is 0 Å². The van der Waals surface area contributed by atoms with Crippen molar-refractivity contribution in [2.75, 3.05) is 6.54 Å². The molecule has 5 rings (SSSR count). The number of benzene rings is 2. The molecule has 31 heavy (non-hydrogen) atoms. The van der Waals surface area contributed by atoms with Crippen LogP contribution in [0.2, 0.25) is 0 Å². The second kappa shape index (κ2) is 6.85. The van der Waals surface area contributed by atoms with Gasteiger partial charge in [0.1, 0.15) is 11.6 Å². The molecule has 0 radical (unpaired) electrons. The van der Waals surface area contributed by atoms with Crippen molar-refractivity contribution in [2.24, 2.45) is 11.8 Å². The SMILES string of the molecule is O=C1C=CC2C3C[N+]([O-])(c4ccccc4)C(=O)C3C1N2Cc1cccc(C(F)(F)F)c1. The normalized spacial score (nSPS) is 32.5.